The Balaban J connectivity index is 3.18. The molecule has 3 heteroatoms. The molecule has 0 aliphatic carbocycles. The molecule has 0 unspecified atom stereocenters. The van der Waals surface area contributed by atoms with Gasteiger partial charge in [0.1, 0.15) is 0 Å². The molecule has 0 saturated carbocycles. The van der Waals surface area contributed by atoms with Gasteiger partial charge >= 0.3 is 0 Å². The van der Waals surface area contributed by atoms with Crippen LogP contribution >= 0.6 is 0 Å². The Labute approximate surface area is 86.1 Å². The molecule has 1 aliphatic heterocycles. The highest BCUT2D eigenvalue weighted by molar-refractivity contribution is 5.16. The zero-order valence-corrected chi connectivity index (χ0v) is 7.84. The Kier molecular flexibility index (Phi) is 1.58. The zero-order valence-electron chi connectivity index (χ0n) is 12.8. The van der Waals surface area contributed by atoms with Crippen molar-refractivity contribution in [1.29, 1.82) is 0 Å². The van der Waals surface area contributed by atoms with Gasteiger partial charge in [-0.05, 0) is 25.9 Å². The fourth-order valence-electron chi connectivity index (χ4n) is 1.52. The van der Waals surface area contributed by atoms with Gasteiger partial charge in [0.25, 0.3) is 0 Å². The minimum Gasteiger partial charge on any atom is -0.395 e. The van der Waals surface area contributed by atoms with Crippen LogP contribution in [-0.2, 0) is 0 Å². The van der Waals surface area contributed by atoms with E-state index in [-0.39, 0.29) is 24.9 Å². The standard InChI is InChI=1S/C10H18FNO/c1-8-4-9(5-11)10(2,7-13)6-12(8)3/h5,8,13H,4,6-7H2,1-3H3/b9-5+/t8-,10+/m1/s1/i3D3,7D2. The van der Waals surface area contributed by atoms with E-state index >= 15 is 0 Å². The second-order valence-electron chi connectivity index (χ2n) is 3.76. The Morgan fingerprint density at radius 1 is 2.00 bits per heavy atom. The maximum absolute atomic E-state index is 12.9. The van der Waals surface area contributed by atoms with Crippen molar-refractivity contribution < 1.29 is 16.4 Å². The van der Waals surface area contributed by atoms with Crippen molar-refractivity contribution in [3.05, 3.63) is 11.9 Å². The van der Waals surface area contributed by atoms with Gasteiger partial charge in [-0.25, -0.2) is 4.39 Å². The number of likely N-dealkylation sites (tertiary alicyclic amines) is 1. The lowest BCUT2D eigenvalue weighted by Gasteiger charge is -2.43. The Hall–Kier alpha value is -0.410. The van der Waals surface area contributed by atoms with Crippen LogP contribution in [0, 0.1) is 5.41 Å². The SMILES string of the molecule is [2H]C([2H])([2H])N1C[C@@](C)(C([2H])([2H])O)/C(=C/F)C[C@H]1C. The quantitative estimate of drug-likeness (QED) is 0.681. The van der Waals surface area contributed by atoms with Crippen molar-refractivity contribution in [2.24, 2.45) is 5.41 Å². The number of nitrogens with zero attached hydrogens (tertiary/aromatic N) is 1. The molecule has 0 aromatic carbocycles. The number of hydrogen-bond donors (Lipinski definition) is 1. The molecule has 1 heterocycles. The van der Waals surface area contributed by atoms with Gasteiger partial charge in [0, 0.05) is 22.1 Å². The van der Waals surface area contributed by atoms with E-state index in [1.54, 1.807) is 6.92 Å². The summed E-state index contributed by atoms with van der Waals surface area (Å²) in [5, 5.41) is 9.59. The van der Waals surface area contributed by atoms with Crippen LogP contribution in [0.25, 0.3) is 0 Å². The molecule has 1 saturated heterocycles. The highest BCUT2D eigenvalue weighted by Crippen LogP contribution is 2.36. The lowest BCUT2D eigenvalue weighted by Crippen LogP contribution is -2.47. The third-order valence-electron chi connectivity index (χ3n) is 2.62. The van der Waals surface area contributed by atoms with Crippen LogP contribution in [0.2, 0.25) is 0 Å². The molecule has 0 radical (unpaired) electrons. The first kappa shape index (κ1) is 5.47. The van der Waals surface area contributed by atoms with Crippen LogP contribution in [0.4, 0.5) is 4.39 Å². The van der Waals surface area contributed by atoms with Crippen molar-refractivity contribution >= 4 is 0 Å². The molecule has 0 amide bonds. The summed E-state index contributed by atoms with van der Waals surface area (Å²) in [6.07, 6.45) is 0.354. The molecule has 13 heavy (non-hydrogen) atoms. The molecule has 0 aromatic rings. The number of rotatable bonds is 1. The summed E-state index contributed by atoms with van der Waals surface area (Å²) in [7, 11) is 0. The van der Waals surface area contributed by atoms with Gasteiger partial charge in [-0.1, -0.05) is 6.92 Å². The summed E-state index contributed by atoms with van der Waals surface area (Å²) in [6, 6.07) is -0.435. The van der Waals surface area contributed by atoms with Gasteiger partial charge in [0.2, 0.25) is 0 Å². The highest BCUT2D eigenvalue weighted by Gasteiger charge is 2.36. The van der Waals surface area contributed by atoms with Gasteiger partial charge < -0.3 is 10.0 Å². The molecule has 1 fully saturated rings. The van der Waals surface area contributed by atoms with E-state index in [0.29, 0.717) is 0 Å². The molecular formula is C10H18FNO. The first-order valence-electron chi connectivity index (χ1n) is 6.72. The molecular weight excluding hydrogens is 169 g/mol. The minimum atomic E-state index is -2.69. The van der Waals surface area contributed by atoms with E-state index in [2.05, 4.69) is 0 Å². The van der Waals surface area contributed by atoms with E-state index < -0.39 is 25.0 Å². The van der Waals surface area contributed by atoms with Crippen LogP contribution in [-0.4, -0.2) is 36.1 Å². The monoisotopic (exact) mass is 192 g/mol. The fourth-order valence-corrected chi connectivity index (χ4v) is 1.52. The van der Waals surface area contributed by atoms with Gasteiger partial charge in [-0.3, -0.25) is 0 Å². The summed E-state index contributed by atoms with van der Waals surface area (Å²) in [6.45, 7) is -2.36. The van der Waals surface area contributed by atoms with Crippen molar-refractivity contribution in [3.63, 3.8) is 0 Å². The molecule has 0 spiro atoms. The van der Waals surface area contributed by atoms with E-state index in [1.807, 2.05) is 0 Å². The molecule has 2 nitrogen and oxygen atoms in total. The lowest BCUT2D eigenvalue weighted by atomic mass is 9.76. The van der Waals surface area contributed by atoms with Gasteiger partial charge in [0.15, 0.2) is 0 Å². The van der Waals surface area contributed by atoms with E-state index in [4.69, 9.17) is 6.85 Å². The van der Waals surface area contributed by atoms with Crippen molar-refractivity contribution in [2.75, 3.05) is 20.1 Å². The molecule has 76 valence electrons. The minimum absolute atomic E-state index is 0.0749. The van der Waals surface area contributed by atoms with E-state index in [9.17, 15) is 9.50 Å². The second kappa shape index (κ2) is 3.76. The topological polar surface area (TPSA) is 23.5 Å². The summed E-state index contributed by atoms with van der Waals surface area (Å²) < 4.78 is 50.0. The average Bonchev–Trinajstić information content (AvgIpc) is 2.17. The largest absolute Gasteiger partial charge is 0.395 e. The first-order chi connectivity index (χ1) is 7.93. The van der Waals surface area contributed by atoms with E-state index in [1.165, 1.54) is 6.92 Å². The van der Waals surface area contributed by atoms with Crippen LogP contribution < -0.4 is 0 Å². The van der Waals surface area contributed by atoms with Crippen LogP contribution in [0.5, 0.6) is 0 Å². The van der Waals surface area contributed by atoms with Gasteiger partial charge in [0.05, 0.1) is 15.6 Å². The number of aliphatic hydroxyl groups is 1. The first-order valence-corrected chi connectivity index (χ1v) is 4.22. The maximum atomic E-state index is 12.9. The molecule has 2 atom stereocenters. The zero-order chi connectivity index (χ0) is 14.4. The van der Waals surface area contributed by atoms with E-state index in [0.717, 1.165) is 4.90 Å². The molecule has 1 N–H and O–H groups in total. The smallest absolute Gasteiger partial charge is 0.0866 e. The predicted octanol–water partition coefficient (Wildman–Crippen LogP) is 1.56. The van der Waals surface area contributed by atoms with Gasteiger partial charge in [-0.15, -0.1) is 0 Å². The molecule has 0 aromatic heterocycles. The van der Waals surface area contributed by atoms with Crippen LogP contribution in [0.1, 0.15) is 27.1 Å². The van der Waals surface area contributed by atoms with Crippen molar-refractivity contribution in [1.82, 2.24) is 4.90 Å². The summed E-state index contributed by atoms with van der Waals surface area (Å²) in [5.74, 6) is 0. The third-order valence-corrected chi connectivity index (χ3v) is 2.62. The van der Waals surface area contributed by atoms with Crippen molar-refractivity contribution in [3.8, 4) is 0 Å². The fraction of sp³-hybridized carbons (Fsp3) is 0.800. The Morgan fingerprint density at radius 2 is 2.69 bits per heavy atom. The number of hydrogen-bond acceptors (Lipinski definition) is 2. The maximum Gasteiger partial charge on any atom is 0.0866 e. The van der Waals surface area contributed by atoms with Crippen LogP contribution in [0.3, 0.4) is 0 Å². The van der Waals surface area contributed by atoms with Crippen molar-refractivity contribution in [2.45, 2.75) is 26.3 Å². The molecule has 1 rings (SSSR count). The lowest BCUT2D eigenvalue weighted by molar-refractivity contribution is 0.0767. The summed E-state index contributed by atoms with van der Waals surface area (Å²) in [4.78, 5) is 1.12. The molecule has 0 bridgehead atoms. The Bertz CT molecular complexity index is 351. The number of halogens is 1. The highest BCUT2D eigenvalue weighted by atomic mass is 19.1. The summed E-state index contributed by atoms with van der Waals surface area (Å²) in [5.41, 5.74) is -1.47. The Morgan fingerprint density at radius 3 is 3.15 bits per heavy atom. The normalized spacial score (nSPS) is 47.5. The average molecular weight is 192 g/mol. The number of piperidine rings is 1. The second-order valence-corrected chi connectivity index (χ2v) is 3.76. The predicted molar refractivity (Wildman–Crippen MR) is 51.1 cm³/mol. The molecule has 1 aliphatic rings. The van der Waals surface area contributed by atoms with Gasteiger partial charge in [-0.2, -0.15) is 0 Å². The third kappa shape index (κ3) is 1.92. The van der Waals surface area contributed by atoms with Crippen LogP contribution in [0.15, 0.2) is 11.9 Å². The summed E-state index contributed by atoms with van der Waals surface area (Å²) >= 11 is 0.